The second kappa shape index (κ2) is 8.09. The van der Waals surface area contributed by atoms with Gasteiger partial charge in [-0.25, -0.2) is 0 Å². The Morgan fingerprint density at radius 1 is 1.25 bits per heavy atom. The van der Waals surface area contributed by atoms with Crippen molar-refractivity contribution in [2.24, 2.45) is 0 Å². The third-order valence-electron chi connectivity index (χ3n) is 3.31. The standard InChI is InChI=1S/C15H24N2O3/c1-17(8-9-18-2)7-6-16-12-13-4-3-5-14-15(13)20-11-10-19-14/h3-5,16H,6-12H2,1-2H3. The lowest BCUT2D eigenvalue weighted by Gasteiger charge is -2.21. The summed E-state index contributed by atoms with van der Waals surface area (Å²) in [6.45, 7) is 5.72. The Kier molecular flexibility index (Phi) is 6.11. The highest BCUT2D eigenvalue weighted by Crippen LogP contribution is 2.33. The van der Waals surface area contributed by atoms with Crippen LogP contribution >= 0.6 is 0 Å². The monoisotopic (exact) mass is 280 g/mol. The van der Waals surface area contributed by atoms with E-state index < -0.39 is 0 Å². The van der Waals surface area contributed by atoms with Gasteiger partial charge < -0.3 is 24.4 Å². The summed E-state index contributed by atoms with van der Waals surface area (Å²) in [5, 5.41) is 3.44. The lowest BCUT2D eigenvalue weighted by molar-refractivity contribution is 0.161. The Morgan fingerprint density at radius 3 is 2.95 bits per heavy atom. The van der Waals surface area contributed by atoms with Crippen molar-refractivity contribution in [1.29, 1.82) is 0 Å². The van der Waals surface area contributed by atoms with Crippen LogP contribution in [0.1, 0.15) is 5.56 Å². The van der Waals surface area contributed by atoms with E-state index in [1.54, 1.807) is 7.11 Å². The first-order chi connectivity index (χ1) is 9.81. The fourth-order valence-electron chi connectivity index (χ4n) is 2.13. The molecule has 0 amide bonds. The topological polar surface area (TPSA) is 43.0 Å². The van der Waals surface area contributed by atoms with E-state index in [0.717, 1.165) is 49.8 Å². The third-order valence-corrected chi connectivity index (χ3v) is 3.31. The van der Waals surface area contributed by atoms with Crippen LogP contribution in [0.25, 0.3) is 0 Å². The zero-order valence-corrected chi connectivity index (χ0v) is 12.4. The summed E-state index contributed by atoms with van der Waals surface area (Å²) in [5.74, 6) is 1.74. The number of hydrogen-bond donors (Lipinski definition) is 1. The zero-order chi connectivity index (χ0) is 14.2. The molecule has 1 N–H and O–H groups in total. The number of hydrogen-bond acceptors (Lipinski definition) is 5. The summed E-state index contributed by atoms with van der Waals surface area (Å²) in [6.07, 6.45) is 0. The zero-order valence-electron chi connectivity index (χ0n) is 12.4. The van der Waals surface area contributed by atoms with Crippen molar-refractivity contribution in [1.82, 2.24) is 10.2 Å². The lowest BCUT2D eigenvalue weighted by Crippen LogP contribution is -2.31. The van der Waals surface area contributed by atoms with Crippen molar-refractivity contribution >= 4 is 0 Å². The molecule has 0 radical (unpaired) electrons. The Morgan fingerprint density at radius 2 is 2.10 bits per heavy atom. The number of likely N-dealkylation sites (N-methyl/N-ethyl adjacent to an activating group) is 1. The quantitative estimate of drug-likeness (QED) is 0.723. The number of ether oxygens (including phenoxy) is 3. The minimum Gasteiger partial charge on any atom is -0.486 e. The SMILES string of the molecule is COCCN(C)CCNCc1cccc2c1OCCO2. The molecule has 1 aromatic rings. The molecule has 0 bridgehead atoms. The van der Waals surface area contributed by atoms with E-state index in [1.807, 2.05) is 12.1 Å². The van der Waals surface area contributed by atoms with Crippen LogP contribution in [0.3, 0.4) is 0 Å². The minimum atomic E-state index is 0.629. The summed E-state index contributed by atoms with van der Waals surface area (Å²) < 4.78 is 16.3. The van der Waals surface area contributed by atoms with E-state index in [-0.39, 0.29) is 0 Å². The highest BCUT2D eigenvalue weighted by molar-refractivity contribution is 5.47. The normalized spacial score (nSPS) is 13.8. The highest BCUT2D eigenvalue weighted by Gasteiger charge is 2.14. The Hall–Kier alpha value is -1.30. The van der Waals surface area contributed by atoms with Gasteiger partial charge in [-0.15, -0.1) is 0 Å². The van der Waals surface area contributed by atoms with E-state index >= 15 is 0 Å². The van der Waals surface area contributed by atoms with Crippen LogP contribution < -0.4 is 14.8 Å². The smallest absolute Gasteiger partial charge is 0.165 e. The van der Waals surface area contributed by atoms with Gasteiger partial charge in [0.05, 0.1) is 6.61 Å². The van der Waals surface area contributed by atoms with Crippen molar-refractivity contribution in [3.63, 3.8) is 0 Å². The molecule has 0 saturated carbocycles. The number of fused-ring (bicyclic) bond motifs is 1. The van der Waals surface area contributed by atoms with Gasteiger partial charge in [0, 0.05) is 38.9 Å². The van der Waals surface area contributed by atoms with Gasteiger partial charge in [-0.1, -0.05) is 12.1 Å². The summed E-state index contributed by atoms with van der Waals surface area (Å²) in [4.78, 5) is 2.25. The Balaban J connectivity index is 1.74. The maximum Gasteiger partial charge on any atom is 0.165 e. The van der Waals surface area contributed by atoms with E-state index in [4.69, 9.17) is 14.2 Å². The average Bonchev–Trinajstić information content (AvgIpc) is 2.49. The molecule has 0 aliphatic carbocycles. The second-order valence-electron chi connectivity index (χ2n) is 4.91. The molecule has 1 aliphatic rings. The van der Waals surface area contributed by atoms with E-state index in [9.17, 15) is 0 Å². The molecule has 112 valence electrons. The molecule has 5 nitrogen and oxygen atoms in total. The molecule has 0 aromatic heterocycles. The van der Waals surface area contributed by atoms with E-state index in [2.05, 4.69) is 23.3 Å². The number of para-hydroxylation sites is 1. The maximum absolute atomic E-state index is 5.69. The third kappa shape index (κ3) is 4.37. The first kappa shape index (κ1) is 15.1. The van der Waals surface area contributed by atoms with Gasteiger partial charge in [-0.3, -0.25) is 0 Å². The molecule has 20 heavy (non-hydrogen) atoms. The molecule has 5 heteroatoms. The van der Waals surface area contributed by atoms with Gasteiger partial charge in [0.15, 0.2) is 11.5 Å². The van der Waals surface area contributed by atoms with Gasteiger partial charge in [0.2, 0.25) is 0 Å². The number of rotatable bonds is 8. The van der Waals surface area contributed by atoms with Crippen LogP contribution in [0, 0.1) is 0 Å². The first-order valence-electron chi connectivity index (χ1n) is 7.07. The van der Waals surface area contributed by atoms with Crippen molar-refractivity contribution in [2.75, 3.05) is 53.6 Å². The van der Waals surface area contributed by atoms with Crippen LogP contribution in [-0.2, 0) is 11.3 Å². The second-order valence-corrected chi connectivity index (χ2v) is 4.91. The summed E-state index contributed by atoms with van der Waals surface area (Å²) in [7, 11) is 3.83. The van der Waals surface area contributed by atoms with Gasteiger partial charge in [0.25, 0.3) is 0 Å². The maximum atomic E-state index is 5.69. The van der Waals surface area contributed by atoms with Crippen molar-refractivity contribution in [2.45, 2.75) is 6.54 Å². The Labute approximate surface area is 120 Å². The molecule has 0 unspecified atom stereocenters. The van der Waals surface area contributed by atoms with Crippen LogP contribution in [0.4, 0.5) is 0 Å². The van der Waals surface area contributed by atoms with Gasteiger partial charge in [0.1, 0.15) is 13.2 Å². The number of nitrogens with one attached hydrogen (secondary N) is 1. The molecular formula is C15H24N2O3. The van der Waals surface area contributed by atoms with Crippen molar-refractivity contribution in [3.8, 4) is 11.5 Å². The highest BCUT2D eigenvalue weighted by atomic mass is 16.6. The van der Waals surface area contributed by atoms with Crippen LogP contribution in [0.15, 0.2) is 18.2 Å². The first-order valence-corrected chi connectivity index (χ1v) is 7.07. The van der Waals surface area contributed by atoms with E-state index in [1.165, 1.54) is 0 Å². The van der Waals surface area contributed by atoms with Crippen LogP contribution in [0.5, 0.6) is 11.5 Å². The molecule has 0 spiro atoms. The van der Waals surface area contributed by atoms with Gasteiger partial charge in [-0.05, 0) is 13.1 Å². The molecule has 1 aromatic carbocycles. The fraction of sp³-hybridized carbons (Fsp3) is 0.600. The minimum absolute atomic E-state index is 0.629. The Bertz CT molecular complexity index is 412. The van der Waals surface area contributed by atoms with Crippen molar-refractivity contribution < 1.29 is 14.2 Å². The van der Waals surface area contributed by atoms with E-state index in [0.29, 0.717) is 13.2 Å². The van der Waals surface area contributed by atoms with Crippen molar-refractivity contribution in [3.05, 3.63) is 23.8 Å². The molecule has 0 saturated heterocycles. The molecular weight excluding hydrogens is 256 g/mol. The van der Waals surface area contributed by atoms with Crippen LogP contribution in [0.2, 0.25) is 0 Å². The van der Waals surface area contributed by atoms with Crippen LogP contribution in [-0.4, -0.2) is 58.5 Å². The summed E-state index contributed by atoms with van der Waals surface area (Å²) >= 11 is 0. The summed E-state index contributed by atoms with van der Waals surface area (Å²) in [6, 6.07) is 6.04. The van der Waals surface area contributed by atoms with Gasteiger partial charge >= 0.3 is 0 Å². The van der Waals surface area contributed by atoms with Gasteiger partial charge in [-0.2, -0.15) is 0 Å². The molecule has 1 heterocycles. The lowest BCUT2D eigenvalue weighted by atomic mass is 10.1. The fourth-order valence-corrected chi connectivity index (χ4v) is 2.13. The average molecular weight is 280 g/mol. The molecule has 0 fully saturated rings. The molecule has 1 aliphatic heterocycles. The predicted molar refractivity (Wildman–Crippen MR) is 78.5 cm³/mol. The number of benzene rings is 1. The number of methoxy groups -OCH3 is 1. The predicted octanol–water partition coefficient (Wildman–Crippen LogP) is 1.13. The summed E-state index contributed by atoms with van der Waals surface area (Å²) in [5.41, 5.74) is 1.15. The number of nitrogens with zero attached hydrogens (tertiary/aromatic N) is 1. The molecule has 0 atom stereocenters. The largest absolute Gasteiger partial charge is 0.486 e. The molecule has 2 rings (SSSR count).